The highest BCUT2D eigenvalue weighted by Crippen LogP contribution is 2.24. The molecule has 0 fully saturated rings. The number of rotatable bonds is 3. The molecular formula is C17H21BrN2O. The number of hydrogen-bond acceptors (Lipinski definition) is 1. The lowest BCUT2D eigenvalue weighted by atomic mass is 10.1. The third-order valence-corrected chi connectivity index (χ3v) is 3.92. The first-order valence-corrected chi connectivity index (χ1v) is 7.82. The maximum atomic E-state index is 12.8. The smallest absolute Gasteiger partial charge is 0.274 e. The van der Waals surface area contributed by atoms with E-state index in [-0.39, 0.29) is 11.9 Å². The van der Waals surface area contributed by atoms with Gasteiger partial charge in [-0.2, -0.15) is 0 Å². The molecule has 3 nitrogen and oxygen atoms in total. The van der Waals surface area contributed by atoms with Gasteiger partial charge < -0.3 is 9.47 Å². The molecule has 2 rings (SSSR count). The van der Waals surface area contributed by atoms with Crippen LogP contribution in [0, 0.1) is 13.8 Å². The number of carbonyl (C=O) groups excluding carboxylic acids is 1. The molecule has 0 atom stereocenters. The molecule has 0 aliphatic rings. The average molecular weight is 349 g/mol. The normalized spacial score (nSPS) is 11.0. The Morgan fingerprint density at radius 2 is 1.71 bits per heavy atom. The summed E-state index contributed by atoms with van der Waals surface area (Å²) in [4.78, 5) is 14.5. The number of halogens is 1. The van der Waals surface area contributed by atoms with Crippen LogP contribution in [0.3, 0.4) is 0 Å². The number of benzene rings is 1. The van der Waals surface area contributed by atoms with Crippen molar-refractivity contribution in [1.29, 1.82) is 0 Å². The third-order valence-electron chi connectivity index (χ3n) is 3.49. The summed E-state index contributed by atoms with van der Waals surface area (Å²) in [6.45, 7) is 8.23. The molecular weight excluding hydrogens is 328 g/mol. The summed E-state index contributed by atoms with van der Waals surface area (Å²) in [7, 11) is 1.82. The van der Waals surface area contributed by atoms with Crippen molar-refractivity contribution in [3.63, 3.8) is 0 Å². The molecule has 0 unspecified atom stereocenters. The van der Waals surface area contributed by atoms with Gasteiger partial charge in [-0.15, -0.1) is 0 Å². The fraction of sp³-hybridized carbons (Fsp3) is 0.353. The van der Waals surface area contributed by atoms with Crippen molar-refractivity contribution >= 4 is 27.5 Å². The van der Waals surface area contributed by atoms with Gasteiger partial charge in [-0.25, -0.2) is 0 Å². The molecule has 0 aliphatic carbocycles. The molecule has 1 amide bonds. The fourth-order valence-electron chi connectivity index (χ4n) is 2.48. The van der Waals surface area contributed by atoms with Gasteiger partial charge in [0.15, 0.2) is 0 Å². The van der Waals surface area contributed by atoms with Crippen molar-refractivity contribution < 1.29 is 4.79 Å². The van der Waals surface area contributed by atoms with E-state index < -0.39 is 0 Å². The number of hydrogen-bond donors (Lipinski definition) is 0. The predicted molar refractivity (Wildman–Crippen MR) is 91.2 cm³/mol. The van der Waals surface area contributed by atoms with Gasteiger partial charge in [0.2, 0.25) is 0 Å². The first-order valence-electron chi connectivity index (χ1n) is 7.03. The highest BCUT2D eigenvalue weighted by atomic mass is 79.9. The summed E-state index contributed by atoms with van der Waals surface area (Å²) in [5.41, 5.74) is 3.93. The summed E-state index contributed by atoms with van der Waals surface area (Å²) in [5, 5.41) is 0. The molecule has 4 heteroatoms. The fourth-order valence-corrected chi connectivity index (χ4v) is 2.92. The first-order chi connectivity index (χ1) is 9.79. The van der Waals surface area contributed by atoms with Crippen molar-refractivity contribution in [3.8, 4) is 0 Å². The molecule has 0 aliphatic heterocycles. The van der Waals surface area contributed by atoms with E-state index >= 15 is 0 Å². The van der Waals surface area contributed by atoms with Gasteiger partial charge in [-0.05, 0) is 73.0 Å². The average Bonchev–Trinajstić information content (AvgIpc) is 2.78. The molecule has 0 bridgehead atoms. The Balaban J connectivity index is 2.39. The second-order valence-corrected chi connectivity index (χ2v) is 6.67. The molecule has 1 heterocycles. The number of nitrogens with zero attached hydrogens (tertiary/aromatic N) is 2. The number of anilines is 1. The Bertz CT molecular complexity index is 653. The zero-order valence-electron chi connectivity index (χ0n) is 13.1. The number of aryl methyl sites for hydroxylation is 2. The van der Waals surface area contributed by atoms with Gasteiger partial charge in [0.1, 0.15) is 5.69 Å². The Kier molecular flexibility index (Phi) is 4.57. The molecule has 2 aromatic rings. The molecule has 1 aromatic heterocycles. The van der Waals surface area contributed by atoms with E-state index in [0.717, 1.165) is 21.3 Å². The second kappa shape index (κ2) is 6.06. The maximum absolute atomic E-state index is 12.8. The third kappa shape index (κ3) is 3.38. The standard InChI is InChI=1S/C17H21BrN2O/c1-11(2)20-10-14(18)9-16(20)17(21)19(5)15-7-12(3)6-13(4)8-15/h6-11H,1-5H3. The van der Waals surface area contributed by atoms with E-state index in [2.05, 4.69) is 35.8 Å². The van der Waals surface area contributed by atoms with Crippen LogP contribution in [0.4, 0.5) is 5.69 Å². The highest BCUT2D eigenvalue weighted by molar-refractivity contribution is 9.10. The Hall–Kier alpha value is -1.55. The van der Waals surface area contributed by atoms with Crippen molar-refractivity contribution in [1.82, 2.24) is 4.57 Å². The zero-order chi connectivity index (χ0) is 15.7. The van der Waals surface area contributed by atoms with Crippen LogP contribution in [-0.4, -0.2) is 17.5 Å². The Morgan fingerprint density at radius 3 is 2.24 bits per heavy atom. The largest absolute Gasteiger partial charge is 0.340 e. The summed E-state index contributed by atoms with van der Waals surface area (Å²) in [6, 6.07) is 8.28. The number of carbonyl (C=O) groups is 1. The summed E-state index contributed by atoms with van der Waals surface area (Å²) in [6.07, 6.45) is 1.95. The quantitative estimate of drug-likeness (QED) is 0.787. The number of amides is 1. The minimum absolute atomic E-state index is 0.000556. The van der Waals surface area contributed by atoms with E-state index in [1.165, 1.54) is 0 Å². The zero-order valence-corrected chi connectivity index (χ0v) is 14.7. The van der Waals surface area contributed by atoms with Crippen LogP contribution in [0.2, 0.25) is 0 Å². The predicted octanol–water partition coefficient (Wildman–Crippen LogP) is 4.72. The van der Waals surface area contributed by atoms with Gasteiger partial charge in [-0.1, -0.05) is 6.07 Å². The van der Waals surface area contributed by atoms with Crippen molar-refractivity contribution in [3.05, 3.63) is 51.8 Å². The van der Waals surface area contributed by atoms with Gasteiger partial charge in [0.05, 0.1) is 0 Å². The lowest BCUT2D eigenvalue weighted by molar-refractivity contribution is 0.0982. The molecule has 112 valence electrons. The van der Waals surface area contributed by atoms with E-state index in [9.17, 15) is 4.79 Å². The van der Waals surface area contributed by atoms with Crippen LogP contribution in [0.15, 0.2) is 34.9 Å². The summed E-state index contributed by atoms with van der Waals surface area (Å²) in [5.74, 6) is -0.000556. The van der Waals surface area contributed by atoms with Crippen LogP contribution < -0.4 is 4.90 Å². The van der Waals surface area contributed by atoms with Crippen LogP contribution in [0.1, 0.15) is 41.5 Å². The number of aromatic nitrogens is 1. The molecule has 0 saturated carbocycles. The Morgan fingerprint density at radius 1 is 1.14 bits per heavy atom. The van der Waals surface area contributed by atoms with Gasteiger partial charge in [-0.3, -0.25) is 4.79 Å². The molecule has 1 aromatic carbocycles. The van der Waals surface area contributed by atoms with Crippen LogP contribution in [-0.2, 0) is 0 Å². The maximum Gasteiger partial charge on any atom is 0.274 e. The lowest BCUT2D eigenvalue weighted by Gasteiger charge is -2.21. The molecule has 0 radical (unpaired) electrons. The minimum Gasteiger partial charge on any atom is -0.340 e. The van der Waals surface area contributed by atoms with Crippen LogP contribution in [0.5, 0.6) is 0 Å². The summed E-state index contributed by atoms with van der Waals surface area (Å²) >= 11 is 3.46. The van der Waals surface area contributed by atoms with Crippen molar-refractivity contribution in [2.24, 2.45) is 0 Å². The SMILES string of the molecule is Cc1cc(C)cc(N(C)C(=O)c2cc(Br)cn2C(C)C)c1. The van der Waals surface area contributed by atoms with Gasteiger partial charge in [0.25, 0.3) is 5.91 Å². The minimum atomic E-state index is -0.000556. The first kappa shape index (κ1) is 15.8. The van der Waals surface area contributed by atoms with E-state index in [1.807, 2.05) is 49.9 Å². The van der Waals surface area contributed by atoms with Gasteiger partial charge in [0, 0.05) is 29.4 Å². The molecule has 0 saturated heterocycles. The topological polar surface area (TPSA) is 25.2 Å². The molecule has 0 N–H and O–H groups in total. The lowest BCUT2D eigenvalue weighted by Crippen LogP contribution is -2.28. The van der Waals surface area contributed by atoms with Crippen molar-refractivity contribution in [2.75, 3.05) is 11.9 Å². The second-order valence-electron chi connectivity index (χ2n) is 5.75. The van der Waals surface area contributed by atoms with E-state index in [0.29, 0.717) is 5.69 Å². The van der Waals surface area contributed by atoms with E-state index in [4.69, 9.17) is 0 Å². The highest BCUT2D eigenvalue weighted by Gasteiger charge is 2.20. The molecule has 21 heavy (non-hydrogen) atoms. The Labute approximate surface area is 134 Å². The van der Waals surface area contributed by atoms with Crippen LogP contribution >= 0.6 is 15.9 Å². The summed E-state index contributed by atoms with van der Waals surface area (Å²) < 4.78 is 2.92. The monoisotopic (exact) mass is 348 g/mol. The van der Waals surface area contributed by atoms with Crippen LogP contribution in [0.25, 0.3) is 0 Å². The van der Waals surface area contributed by atoms with Crippen molar-refractivity contribution in [2.45, 2.75) is 33.7 Å². The molecule has 0 spiro atoms. The van der Waals surface area contributed by atoms with E-state index in [1.54, 1.807) is 4.90 Å². The van der Waals surface area contributed by atoms with Gasteiger partial charge >= 0.3 is 0 Å².